The molecule has 3 amide bonds. The molecule has 0 bridgehead atoms. The number of benzene rings is 1. The number of aromatic nitrogens is 2. The van der Waals surface area contributed by atoms with Gasteiger partial charge in [0.05, 0.1) is 5.92 Å². The average Bonchev–Trinajstić information content (AvgIpc) is 3.16. The molecule has 8 heteroatoms. The van der Waals surface area contributed by atoms with Crippen LogP contribution < -0.4 is 10.2 Å². The summed E-state index contributed by atoms with van der Waals surface area (Å²) in [6, 6.07) is 9.46. The number of rotatable bonds is 4. The van der Waals surface area contributed by atoms with Crippen molar-refractivity contribution in [3.8, 4) is 0 Å². The lowest BCUT2D eigenvalue weighted by molar-refractivity contribution is -0.138. The summed E-state index contributed by atoms with van der Waals surface area (Å²) >= 11 is 0. The predicted molar refractivity (Wildman–Crippen MR) is 112 cm³/mol. The Hall–Kier alpha value is -3.29. The molecule has 2 fully saturated rings. The highest BCUT2D eigenvalue weighted by Gasteiger charge is 2.38. The minimum atomic E-state index is -0.332. The van der Waals surface area contributed by atoms with Crippen molar-refractivity contribution in [2.75, 3.05) is 29.9 Å². The summed E-state index contributed by atoms with van der Waals surface area (Å²) in [6.45, 7) is 3.44. The summed E-state index contributed by atoms with van der Waals surface area (Å²) in [5.41, 5.74) is 1.96. The van der Waals surface area contributed by atoms with Crippen LogP contribution in [-0.2, 0) is 14.4 Å². The Morgan fingerprint density at radius 1 is 1.03 bits per heavy atom. The molecule has 1 N–H and O–H groups in total. The van der Waals surface area contributed by atoms with E-state index in [9.17, 15) is 14.4 Å². The van der Waals surface area contributed by atoms with E-state index in [2.05, 4.69) is 15.3 Å². The van der Waals surface area contributed by atoms with Gasteiger partial charge in [0.2, 0.25) is 23.7 Å². The number of aryl methyl sites for hydroxylation is 1. The van der Waals surface area contributed by atoms with Gasteiger partial charge < -0.3 is 9.80 Å². The van der Waals surface area contributed by atoms with Crippen LogP contribution in [0.2, 0.25) is 0 Å². The van der Waals surface area contributed by atoms with Crippen LogP contribution in [0.15, 0.2) is 42.7 Å². The van der Waals surface area contributed by atoms with Crippen molar-refractivity contribution in [2.24, 2.45) is 11.8 Å². The minimum absolute atomic E-state index is 0.00297. The Kier molecular flexibility index (Phi) is 5.74. The molecule has 0 radical (unpaired) electrons. The first-order chi connectivity index (χ1) is 14.5. The maximum Gasteiger partial charge on any atom is 0.229 e. The number of carbonyl (C=O) groups is 3. The van der Waals surface area contributed by atoms with Crippen LogP contribution in [0.5, 0.6) is 0 Å². The second-order valence-corrected chi connectivity index (χ2v) is 7.90. The van der Waals surface area contributed by atoms with E-state index in [1.54, 1.807) is 28.3 Å². The molecule has 2 aromatic rings. The number of likely N-dealkylation sites (tertiary alicyclic amines) is 1. The molecule has 0 unspecified atom stereocenters. The lowest BCUT2D eigenvalue weighted by atomic mass is 9.94. The summed E-state index contributed by atoms with van der Waals surface area (Å²) in [6.07, 6.45) is 4.57. The number of amides is 3. The highest BCUT2D eigenvalue weighted by atomic mass is 16.2. The van der Waals surface area contributed by atoms with Crippen molar-refractivity contribution in [3.05, 3.63) is 48.3 Å². The van der Waals surface area contributed by atoms with E-state index in [4.69, 9.17) is 0 Å². The molecule has 0 aliphatic carbocycles. The number of hydrogen-bond donors (Lipinski definition) is 1. The Balaban J connectivity index is 1.30. The zero-order valence-corrected chi connectivity index (χ0v) is 17.0. The summed E-state index contributed by atoms with van der Waals surface area (Å²) in [5.74, 6) is -0.344. The molecule has 2 saturated heterocycles. The van der Waals surface area contributed by atoms with E-state index in [0.717, 1.165) is 11.3 Å². The standard InChI is InChI=1S/C22H25N5O3/c1-15-3-5-18(6-4-15)27-14-17(13-19(27)28)21(30)26-11-7-16(8-12-26)20(29)25-22-23-9-2-10-24-22/h2-6,9-10,16-17H,7-8,11-14H2,1H3,(H,23,24,25,29)/t17-/m1/s1. The van der Waals surface area contributed by atoms with Crippen LogP contribution in [0.1, 0.15) is 24.8 Å². The second kappa shape index (κ2) is 8.61. The molecule has 4 rings (SSSR count). The van der Waals surface area contributed by atoms with Gasteiger partial charge in [-0.05, 0) is 38.0 Å². The minimum Gasteiger partial charge on any atom is -0.342 e. The summed E-state index contributed by atoms with van der Waals surface area (Å²) in [7, 11) is 0. The molecular formula is C22H25N5O3. The van der Waals surface area contributed by atoms with Crippen molar-refractivity contribution in [3.63, 3.8) is 0 Å². The molecule has 156 valence electrons. The van der Waals surface area contributed by atoms with Crippen molar-refractivity contribution in [2.45, 2.75) is 26.2 Å². The highest BCUT2D eigenvalue weighted by molar-refractivity contribution is 6.00. The first kappa shape index (κ1) is 20.0. The molecule has 1 aromatic heterocycles. The summed E-state index contributed by atoms with van der Waals surface area (Å²) in [5, 5.41) is 2.73. The van der Waals surface area contributed by atoms with Crippen LogP contribution >= 0.6 is 0 Å². The largest absolute Gasteiger partial charge is 0.342 e. The van der Waals surface area contributed by atoms with Gasteiger partial charge in [0, 0.05) is 50.1 Å². The van der Waals surface area contributed by atoms with Crippen LogP contribution in [-0.4, -0.2) is 52.2 Å². The molecule has 2 aliphatic heterocycles. The van der Waals surface area contributed by atoms with E-state index in [-0.39, 0.29) is 36.0 Å². The van der Waals surface area contributed by atoms with Gasteiger partial charge in [0.15, 0.2) is 0 Å². The van der Waals surface area contributed by atoms with E-state index < -0.39 is 0 Å². The van der Waals surface area contributed by atoms with E-state index in [0.29, 0.717) is 38.4 Å². The van der Waals surface area contributed by atoms with E-state index >= 15 is 0 Å². The second-order valence-electron chi connectivity index (χ2n) is 7.90. The predicted octanol–water partition coefficient (Wildman–Crippen LogP) is 2.02. The molecule has 0 saturated carbocycles. The van der Waals surface area contributed by atoms with Gasteiger partial charge >= 0.3 is 0 Å². The molecule has 1 aromatic carbocycles. The third-order valence-corrected chi connectivity index (χ3v) is 5.80. The van der Waals surface area contributed by atoms with Crippen molar-refractivity contribution >= 4 is 29.4 Å². The zero-order chi connectivity index (χ0) is 21.1. The maximum atomic E-state index is 13.0. The number of anilines is 2. The van der Waals surface area contributed by atoms with E-state index in [1.165, 1.54) is 0 Å². The SMILES string of the molecule is Cc1ccc(N2C[C@H](C(=O)N3CCC(C(=O)Nc4ncccn4)CC3)CC2=O)cc1. The normalized spacial score (nSPS) is 19.8. The van der Waals surface area contributed by atoms with Gasteiger partial charge in [-0.2, -0.15) is 0 Å². The Morgan fingerprint density at radius 3 is 2.37 bits per heavy atom. The van der Waals surface area contributed by atoms with E-state index in [1.807, 2.05) is 31.2 Å². The molecule has 1 atom stereocenters. The van der Waals surface area contributed by atoms with Gasteiger partial charge in [-0.1, -0.05) is 17.7 Å². The monoisotopic (exact) mass is 407 g/mol. The number of nitrogens with one attached hydrogen (secondary N) is 1. The Bertz CT molecular complexity index is 924. The van der Waals surface area contributed by atoms with Crippen molar-refractivity contribution < 1.29 is 14.4 Å². The third-order valence-electron chi connectivity index (χ3n) is 5.80. The third kappa shape index (κ3) is 4.32. The van der Waals surface area contributed by atoms with Crippen LogP contribution in [0.4, 0.5) is 11.6 Å². The first-order valence-electron chi connectivity index (χ1n) is 10.2. The van der Waals surface area contributed by atoms with Crippen LogP contribution in [0.3, 0.4) is 0 Å². The molecule has 2 aliphatic rings. The highest BCUT2D eigenvalue weighted by Crippen LogP contribution is 2.28. The lowest BCUT2D eigenvalue weighted by Gasteiger charge is -2.32. The van der Waals surface area contributed by atoms with Gasteiger partial charge in [-0.25, -0.2) is 9.97 Å². The zero-order valence-electron chi connectivity index (χ0n) is 17.0. The summed E-state index contributed by atoms with van der Waals surface area (Å²) < 4.78 is 0. The Morgan fingerprint density at radius 2 is 1.70 bits per heavy atom. The number of piperidine rings is 1. The van der Waals surface area contributed by atoms with Gasteiger partial charge in [-0.15, -0.1) is 0 Å². The Labute approximate surface area is 175 Å². The van der Waals surface area contributed by atoms with Gasteiger partial charge in [0.25, 0.3) is 0 Å². The average molecular weight is 407 g/mol. The topological polar surface area (TPSA) is 95.5 Å². The van der Waals surface area contributed by atoms with Crippen molar-refractivity contribution in [1.29, 1.82) is 0 Å². The fraction of sp³-hybridized carbons (Fsp3) is 0.409. The van der Waals surface area contributed by atoms with Crippen LogP contribution in [0, 0.1) is 18.8 Å². The quantitative estimate of drug-likeness (QED) is 0.837. The first-order valence-corrected chi connectivity index (χ1v) is 10.2. The molecule has 0 spiro atoms. The smallest absolute Gasteiger partial charge is 0.229 e. The molecule has 3 heterocycles. The maximum absolute atomic E-state index is 13.0. The molecular weight excluding hydrogens is 382 g/mol. The fourth-order valence-corrected chi connectivity index (χ4v) is 4.04. The summed E-state index contributed by atoms with van der Waals surface area (Å²) in [4.78, 5) is 49.4. The lowest BCUT2D eigenvalue weighted by Crippen LogP contribution is -2.44. The number of nitrogens with zero attached hydrogens (tertiary/aromatic N) is 4. The van der Waals surface area contributed by atoms with Crippen molar-refractivity contribution in [1.82, 2.24) is 14.9 Å². The number of hydrogen-bond acceptors (Lipinski definition) is 5. The number of carbonyl (C=O) groups excluding carboxylic acids is 3. The molecule has 8 nitrogen and oxygen atoms in total. The van der Waals surface area contributed by atoms with Crippen LogP contribution in [0.25, 0.3) is 0 Å². The van der Waals surface area contributed by atoms with Gasteiger partial charge in [-0.3, -0.25) is 19.7 Å². The molecule has 30 heavy (non-hydrogen) atoms. The van der Waals surface area contributed by atoms with Gasteiger partial charge in [0.1, 0.15) is 0 Å². The fourth-order valence-electron chi connectivity index (χ4n) is 4.04.